The molecule has 0 aliphatic rings. The van der Waals surface area contributed by atoms with Gasteiger partial charge >= 0.3 is 0 Å². The fraction of sp³-hybridized carbons (Fsp3) is 0.316. The molecular formula is C19H24Cl2O. The number of rotatable bonds is 3. The molecule has 0 aromatic heterocycles. The van der Waals surface area contributed by atoms with Crippen molar-refractivity contribution in [3.63, 3.8) is 0 Å². The highest BCUT2D eigenvalue weighted by molar-refractivity contribution is 6.43. The van der Waals surface area contributed by atoms with E-state index in [4.69, 9.17) is 23.2 Å². The third-order valence-corrected chi connectivity index (χ3v) is 2.80. The number of ketones is 1. The van der Waals surface area contributed by atoms with Crippen LogP contribution in [0, 0.1) is 5.92 Å². The summed E-state index contributed by atoms with van der Waals surface area (Å²) in [5.74, 6) is 0.252. The van der Waals surface area contributed by atoms with Gasteiger partial charge in [-0.25, -0.2) is 0 Å². The van der Waals surface area contributed by atoms with Crippen LogP contribution in [0.2, 0.25) is 0 Å². The van der Waals surface area contributed by atoms with Crippen molar-refractivity contribution in [1.82, 2.24) is 0 Å². The van der Waals surface area contributed by atoms with Gasteiger partial charge in [-0.05, 0) is 18.1 Å². The zero-order valence-corrected chi connectivity index (χ0v) is 14.0. The predicted molar refractivity (Wildman–Crippen MR) is 98.9 cm³/mol. The highest BCUT2D eigenvalue weighted by atomic mass is 35.5. The molecule has 0 saturated carbocycles. The van der Waals surface area contributed by atoms with Crippen LogP contribution in [0.15, 0.2) is 54.6 Å². The van der Waals surface area contributed by atoms with Crippen molar-refractivity contribution in [1.29, 1.82) is 0 Å². The standard InChI is InChI=1S/C16H16O.C2H4Cl2.CH4/c1-12(2)16(17)15-10-8-14(9-11-15)13-6-4-3-5-7-13;1-2(3)4;/h3-12H,1-2H3;2H,1H3;1H4. The van der Waals surface area contributed by atoms with Gasteiger partial charge in [0.15, 0.2) is 5.78 Å². The molecule has 0 atom stereocenters. The molecule has 0 aliphatic heterocycles. The van der Waals surface area contributed by atoms with E-state index in [9.17, 15) is 4.79 Å². The Bertz CT molecular complexity index is 543. The van der Waals surface area contributed by atoms with Gasteiger partial charge in [-0.2, -0.15) is 0 Å². The molecule has 0 bridgehead atoms. The van der Waals surface area contributed by atoms with Crippen molar-refractivity contribution >= 4 is 29.0 Å². The Balaban J connectivity index is 0.000000791. The molecule has 1 nitrogen and oxygen atoms in total. The van der Waals surface area contributed by atoms with E-state index in [0.29, 0.717) is 0 Å². The summed E-state index contributed by atoms with van der Waals surface area (Å²) >= 11 is 10.1. The van der Waals surface area contributed by atoms with E-state index in [1.807, 2.05) is 56.3 Å². The van der Waals surface area contributed by atoms with Crippen molar-refractivity contribution in [2.75, 3.05) is 0 Å². The van der Waals surface area contributed by atoms with Crippen LogP contribution in [0.3, 0.4) is 0 Å². The highest BCUT2D eigenvalue weighted by Gasteiger charge is 2.09. The number of alkyl halides is 2. The second-order valence-corrected chi connectivity index (χ2v) is 6.51. The van der Waals surface area contributed by atoms with Gasteiger partial charge in [0.05, 0.1) is 0 Å². The lowest BCUT2D eigenvalue weighted by Crippen LogP contribution is -2.06. The molecule has 0 fully saturated rings. The van der Waals surface area contributed by atoms with Gasteiger partial charge in [-0.15, -0.1) is 23.2 Å². The Labute approximate surface area is 144 Å². The average molecular weight is 339 g/mol. The van der Waals surface area contributed by atoms with Gasteiger partial charge in [0, 0.05) is 11.5 Å². The maximum atomic E-state index is 11.8. The van der Waals surface area contributed by atoms with Crippen LogP contribution < -0.4 is 0 Å². The summed E-state index contributed by atoms with van der Waals surface area (Å²) in [6, 6.07) is 18.0. The minimum atomic E-state index is -0.222. The van der Waals surface area contributed by atoms with Gasteiger partial charge in [0.25, 0.3) is 0 Å². The van der Waals surface area contributed by atoms with Crippen LogP contribution in [0.25, 0.3) is 11.1 Å². The lowest BCUT2D eigenvalue weighted by Gasteiger charge is -2.06. The smallest absolute Gasteiger partial charge is 0.165 e. The maximum absolute atomic E-state index is 11.8. The van der Waals surface area contributed by atoms with Crippen LogP contribution in [0.4, 0.5) is 0 Å². The molecule has 120 valence electrons. The normalized spacial score (nSPS) is 9.77. The van der Waals surface area contributed by atoms with Gasteiger partial charge in [-0.3, -0.25) is 4.79 Å². The molecule has 3 heteroatoms. The van der Waals surface area contributed by atoms with Gasteiger partial charge in [0.1, 0.15) is 4.84 Å². The third kappa shape index (κ3) is 7.11. The first-order valence-electron chi connectivity index (χ1n) is 6.89. The molecule has 0 N–H and O–H groups in total. The number of hydrogen-bond acceptors (Lipinski definition) is 1. The summed E-state index contributed by atoms with van der Waals surface area (Å²) in [6.45, 7) is 5.55. The first-order chi connectivity index (χ1) is 9.91. The molecule has 2 rings (SSSR count). The van der Waals surface area contributed by atoms with Gasteiger partial charge in [0.2, 0.25) is 0 Å². The first-order valence-corrected chi connectivity index (χ1v) is 7.77. The molecule has 2 aromatic carbocycles. The van der Waals surface area contributed by atoms with E-state index >= 15 is 0 Å². The van der Waals surface area contributed by atoms with E-state index in [0.717, 1.165) is 11.1 Å². The van der Waals surface area contributed by atoms with Crippen molar-refractivity contribution in [2.24, 2.45) is 5.92 Å². The fourth-order valence-corrected chi connectivity index (χ4v) is 1.79. The van der Waals surface area contributed by atoms with Crippen molar-refractivity contribution in [3.8, 4) is 11.1 Å². The summed E-state index contributed by atoms with van der Waals surface area (Å²) in [6.07, 6.45) is 0. The number of hydrogen-bond donors (Lipinski definition) is 0. The lowest BCUT2D eigenvalue weighted by atomic mass is 9.98. The van der Waals surface area contributed by atoms with Gasteiger partial charge < -0.3 is 0 Å². The first kappa shape index (κ1) is 20.7. The number of Topliss-reactive ketones (excluding diaryl/α,β-unsaturated/α-hetero) is 1. The second kappa shape index (κ2) is 10.4. The van der Waals surface area contributed by atoms with Crippen LogP contribution in [0.1, 0.15) is 38.6 Å². The summed E-state index contributed by atoms with van der Waals surface area (Å²) in [5.41, 5.74) is 3.11. The Morgan fingerprint density at radius 2 is 1.23 bits per heavy atom. The predicted octanol–water partition coefficient (Wildman–Crippen LogP) is 6.64. The van der Waals surface area contributed by atoms with Crippen molar-refractivity contribution in [3.05, 3.63) is 60.2 Å². The van der Waals surface area contributed by atoms with Crippen LogP contribution >= 0.6 is 23.2 Å². The Hall–Kier alpha value is -1.31. The van der Waals surface area contributed by atoms with Crippen LogP contribution in [0.5, 0.6) is 0 Å². The minimum Gasteiger partial charge on any atom is -0.294 e. The number of benzene rings is 2. The van der Waals surface area contributed by atoms with E-state index in [1.54, 1.807) is 6.92 Å². The Morgan fingerprint density at radius 3 is 1.64 bits per heavy atom. The lowest BCUT2D eigenvalue weighted by molar-refractivity contribution is 0.0939. The zero-order chi connectivity index (χ0) is 15.8. The summed E-state index contributed by atoms with van der Waals surface area (Å²) < 4.78 is 0. The largest absolute Gasteiger partial charge is 0.294 e. The molecule has 0 saturated heterocycles. The molecule has 22 heavy (non-hydrogen) atoms. The molecule has 0 radical (unpaired) electrons. The van der Waals surface area contributed by atoms with Crippen LogP contribution in [-0.4, -0.2) is 10.6 Å². The topological polar surface area (TPSA) is 17.1 Å². The third-order valence-electron chi connectivity index (χ3n) is 2.80. The van der Waals surface area contributed by atoms with E-state index in [2.05, 4.69) is 12.1 Å². The maximum Gasteiger partial charge on any atom is 0.165 e. The quantitative estimate of drug-likeness (QED) is 0.452. The molecule has 0 unspecified atom stereocenters. The number of carbonyl (C=O) groups excluding carboxylic acids is 1. The summed E-state index contributed by atoms with van der Waals surface area (Å²) in [4.78, 5) is 11.6. The molecule has 0 heterocycles. The van der Waals surface area contributed by atoms with Crippen molar-refractivity contribution in [2.45, 2.75) is 33.0 Å². The number of carbonyl (C=O) groups is 1. The Morgan fingerprint density at radius 1 is 0.818 bits per heavy atom. The molecule has 0 spiro atoms. The average Bonchev–Trinajstić information content (AvgIpc) is 2.47. The fourth-order valence-electron chi connectivity index (χ4n) is 1.79. The van der Waals surface area contributed by atoms with E-state index < -0.39 is 0 Å². The zero-order valence-electron chi connectivity index (χ0n) is 12.5. The number of halogens is 2. The van der Waals surface area contributed by atoms with Crippen LogP contribution in [-0.2, 0) is 0 Å². The molecule has 2 aromatic rings. The highest BCUT2D eigenvalue weighted by Crippen LogP contribution is 2.20. The van der Waals surface area contributed by atoms with E-state index in [1.165, 1.54) is 5.56 Å². The molecule has 0 amide bonds. The van der Waals surface area contributed by atoms with Gasteiger partial charge in [-0.1, -0.05) is 75.9 Å². The Kier molecular flexibility index (Phi) is 9.80. The SMILES string of the molecule is C.CC(C)C(=O)c1ccc(-c2ccccc2)cc1.CC(Cl)Cl. The molecular weight excluding hydrogens is 315 g/mol. The monoisotopic (exact) mass is 338 g/mol. The second-order valence-electron chi connectivity index (χ2n) is 4.98. The van der Waals surface area contributed by atoms with E-state index in [-0.39, 0.29) is 24.0 Å². The molecule has 0 aliphatic carbocycles. The minimum absolute atomic E-state index is 0. The summed E-state index contributed by atoms with van der Waals surface area (Å²) in [7, 11) is 0. The summed E-state index contributed by atoms with van der Waals surface area (Å²) in [5, 5.41) is 0. The van der Waals surface area contributed by atoms with Crippen molar-refractivity contribution < 1.29 is 4.79 Å².